The van der Waals surface area contributed by atoms with Crippen LogP contribution in [0.3, 0.4) is 0 Å². The highest BCUT2D eigenvalue weighted by atomic mass is 16.5. The van der Waals surface area contributed by atoms with Gasteiger partial charge in [-0.05, 0) is 49.4 Å². The minimum absolute atomic E-state index is 0.532. The van der Waals surface area contributed by atoms with Gasteiger partial charge in [-0.15, -0.1) is 0 Å². The first kappa shape index (κ1) is 15.2. The number of hydrogen-bond acceptors (Lipinski definition) is 5. The number of nitrogens with one attached hydrogen (secondary N) is 1. The summed E-state index contributed by atoms with van der Waals surface area (Å²) < 4.78 is 13.2. The first-order valence-corrected chi connectivity index (χ1v) is 8.83. The minimum atomic E-state index is 0.532. The van der Waals surface area contributed by atoms with Crippen molar-refractivity contribution in [2.24, 2.45) is 0 Å². The molecule has 4 aromatic rings. The molecule has 0 unspecified atom stereocenters. The number of nitrogens with zero attached hydrogens (tertiary/aromatic N) is 4. The van der Waals surface area contributed by atoms with Crippen LogP contribution in [-0.4, -0.2) is 31.8 Å². The number of imidazole rings is 1. The van der Waals surface area contributed by atoms with E-state index >= 15 is 0 Å². The van der Waals surface area contributed by atoms with E-state index in [4.69, 9.17) is 9.26 Å². The second kappa shape index (κ2) is 6.01. The summed E-state index contributed by atoms with van der Waals surface area (Å²) in [5, 5.41) is 5.34. The summed E-state index contributed by atoms with van der Waals surface area (Å²) in [5.74, 6) is 2.02. The van der Waals surface area contributed by atoms with Crippen molar-refractivity contribution in [1.29, 1.82) is 0 Å². The number of fused-ring (bicyclic) bond motifs is 3. The normalized spacial score (nSPS) is 13.9. The molecule has 1 aliphatic rings. The van der Waals surface area contributed by atoms with E-state index in [0.29, 0.717) is 18.3 Å². The van der Waals surface area contributed by atoms with E-state index in [1.807, 2.05) is 6.07 Å². The summed E-state index contributed by atoms with van der Waals surface area (Å²) in [6.07, 6.45) is 7.92. The third kappa shape index (κ3) is 2.39. The van der Waals surface area contributed by atoms with Gasteiger partial charge in [0, 0.05) is 16.6 Å². The highest BCUT2D eigenvalue weighted by Crippen LogP contribution is 2.34. The van der Waals surface area contributed by atoms with Gasteiger partial charge >= 0.3 is 0 Å². The summed E-state index contributed by atoms with van der Waals surface area (Å²) in [6, 6.07) is 6.27. The number of H-pyrrole nitrogens is 1. The lowest BCUT2D eigenvalue weighted by atomic mass is 9.95. The number of aryl methyl sites for hydroxylation is 1. The number of methoxy groups -OCH3 is 1. The molecule has 0 bridgehead atoms. The predicted octanol–water partition coefficient (Wildman–Crippen LogP) is 3.35. The molecule has 1 aliphatic carbocycles. The lowest BCUT2D eigenvalue weighted by Gasteiger charge is -2.14. The minimum Gasteiger partial charge on any atom is -0.497 e. The molecule has 5 rings (SSSR count). The van der Waals surface area contributed by atoms with Gasteiger partial charge in [0.15, 0.2) is 0 Å². The van der Waals surface area contributed by atoms with E-state index in [1.165, 1.54) is 35.0 Å². The molecule has 0 aliphatic heterocycles. The Hall–Kier alpha value is -3.09. The fraction of sp³-hybridized carbons (Fsp3) is 0.316. The standard InChI is InChI=1S/C19H19N5O2/c1-25-12-6-7-17-14(8-12)13-4-2-3-5-16(13)24(17)10-18-22-19(23-26-18)15-9-20-11-21-15/h6-9,11H,2-5,10H2,1H3,(H,20,21). The molecule has 1 N–H and O–H groups in total. The second-order valence-electron chi connectivity index (χ2n) is 6.58. The molecular formula is C19H19N5O2. The first-order valence-electron chi connectivity index (χ1n) is 8.83. The van der Waals surface area contributed by atoms with Crippen LogP contribution < -0.4 is 4.74 Å². The van der Waals surface area contributed by atoms with Crippen LogP contribution in [0.25, 0.3) is 22.4 Å². The Kier molecular flexibility index (Phi) is 3.51. The molecule has 0 atom stereocenters. The molecule has 0 saturated carbocycles. The monoisotopic (exact) mass is 349 g/mol. The number of aromatic amines is 1. The maximum Gasteiger partial charge on any atom is 0.246 e. The number of hydrogen-bond donors (Lipinski definition) is 1. The van der Waals surface area contributed by atoms with E-state index < -0.39 is 0 Å². The van der Waals surface area contributed by atoms with Crippen LogP contribution in [0.5, 0.6) is 5.75 Å². The van der Waals surface area contributed by atoms with Crippen molar-refractivity contribution < 1.29 is 9.26 Å². The van der Waals surface area contributed by atoms with Crippen LogP contribution in [0.1, 0.15) is 30.0 Å². The van der Waals surface area contributed by atoms with Crippen LogP contribution in [0.2, 0.25) is 0 Å². The smallest absolute Gasteiger partial charge is 0.246 e. The maximum atomic E-state index is 5.49. The first-order chi connectivity index (χ1) is 12.8. The van der Waals surface area contributed by atoms with Crippen molar-refractivity contribution >= 4 is 10.9 Å². The van der Waals surface area contributed by atoms with Crippen molar-refractivity contribution in [1.82, 2.24) is 24.7 Å². The molecule has 7 heteroatoms. The van der Waals surface area contributed by atoms with E-state index in [-0.39, 0.29) is 0 Å². The van der Waals surface area contributed by atoms with Gasteiger partial charge in [-0.3, -0.25) is 0 Å². The van der Waals surface area contributed by atoms with Crippen molar-refractivity contribution in [3.8, 4) is 17.3 Å². The van der Waals surface area contributed by atoms with E-state index in [1.54, 1.807) is 19.6 Å². The highest BCUT2D eigenvalue weighted by Gasteiger charge is 2.22. The average molecular weight is 349 g/mol. The fourth-order valence-corrected chi connectivity index (χ4v) is 3.86. The number of benzene rings is 1. The molecule has 3 aromatic heterocycles. The molecule has 0 amide bonds. The van der Waals surface area contributed by atoms with Gasteiger partial charge in [0.25, 0.3) is 0 Å². The zero-order valence-corrected chi connectivity index (χ0v) is 14.5. The number of ether oxygens (including phenoxy) is 1. The second-order valence-corrected chi connectivity index (χ2v) is 6.58. The molecule has 132 valence electrons. The van der Waals surface area contributed by atoms with Crippen LogP contribution in [0.4, 0.5) is 0 Å². The summed E-state index contributed by atoms with van der Waals surface area (Å²) in [7, 11) is 1.71. The Labute approximate surface area is 150 Å². The maximum absolute atomic E-state index is 5.49. The van der Waals surface area contributed by atoms with Crippen LogP contribution in [0, 0.1) is 0 Å². The third-order valence-corrected chi connectivity index (χ3v) is 5.08. The van der Waals surface area contributed by atoms with Gasteiger partial charge in [-0.1, -0.05) is 5.16 Å². The molecule has 26 heavy (non-hydrogen) atoms. The summed E-state index contributed by atoms with van der Waals surface area (Å²) in [5.41, 5.74) is 4.75. The van der Waals surface area contributed by atoms with Crippen molar-refractivity contribution in [2.45, 2.75) is 32.2 Å². The number of rotatable bonds is 4. The van der Waals surface area contributed by atoms with Gasteiger partial charge in [0.05, 0.1) is 19.6 Å². The van der Waals surface area contributed by atoms with Crippen molar-refractivity contribution in [3.63, 3.8) is 0 Å². The lowest BCUT2D eigenvalue weighted by molar-refractivity contribution is 0.371. The Bertz CT molecular complexity index is 1060. The molecule has 0 saturated heterocycles. The largest absolute Gasteiger partial charge is 0.497 e. The van der Waals surface area contributed by atoms with Gasteiger partial charge in [-0.25, -0.2) is 4.98 Å². The number of aromatic nitrogens is 5. The van der Waals surface area contributed by atoms with Crippen molar-refractivity contribution in [3.05, 3.63) is 47.9 Å². The van der Waals surface area contributed by atoms with Crippen molar-refractivity contribution in [2.75, 3.05) is 7.11 Å². The molecule has 0 radical (unpaired) electrons. The van der Waals surface area contributed by atoms with Gasteiger partial charge in [0.1, 0.15) is 18.0 Å². The molecule has 1 aromatic carbocycles. The van der Waals surface area contributed by atoms with E-state index in [9.17, 15) is 0 Å². The van der Waals surface area contributed by atoms with Crippen LogP contribution in [0.15, 0.2) is 35.2 Å². The Morgan fingerprint density at radius 3 is 3.04 bits per heavy atom. The lowest BCUT2D eigenvalue weighted by Crippen LogP contribution is -2.09. The molecule has 0 fully saturated rings. The van der Waals surface area contributed by atoms with Gasteiger partial charge < -0.3 is 18.8 Å². The fourth-order valence-electron chi connectivity index (χ4n) is 3.86. The zero-order valence-electron chi connectivity index (χ0n) is 14.5. The summed E-state index contributed by atoms with van der Waals surface area (Å²) >= 11 is 0. The molecule has 7 nitrogen and oxygen atoms in total. The van der Waals surface area contributed by atoms with Gasteiger partial charge in [0.2, 0.25) is 11.7 Å². The third-order valence-electron chi connectivity index (χ3n) is 5.08. The Morgan fingerprint density at radius 2 is 2.19 bits per heavy atom. The molecular weight excluding hydrogens is 330 g/mol. The van der Waals surface area contributed by atoms with Crippen LogP contribution in [-0.2, 0) is 19.4 Å². The summed E-state index contributed by atoms with van der Waals surface area (Å²) in [4.78, 5) is 11.5. The zero-order chi connectivity index (χ0) is 17.5. The van der Waals surface area contributed by atoms with Gasteiger partial charge in [-0.2, -0.15) is 4.98 Å². The van der Waals surface area contributed by atoms with E-state index in [2.05, 4.69) is 36.8 Å². The highest BCUT2D eigenvalue weighted by molar-refractivity contribution is 5.87. The SMILES string of the molecule is COc1ccc2c(c1)c1c(n2Cc2nc(-c3cnc[nH]3)no2)CCCC1. The Balaban J connectivity index is 1.58. The predicted molar refractivity (Wildman–Crippen MR) is 96.1 cm³/mol. The van der Waals surface area contributed by atoms with E-state index in [0.717, 1.165) is 24.3 Å². The molecule has 0 spiro atoms. The average Bonchev–Trinajstić information content (AvgIpc) is 3.42. The summed E-state index contributed by atoms with van der Waals surface area (Å²) in [6.45, 7) is 0.569. The topological polar surface area (TPSA) is 81.8 Å². The molecule has 3 heterocycles. The van der Waals surface area contributed by atoms with Crippen LogP contribution >= 0.6 is 0 Å². The quantitative estimate of drug-likeness (QED) is 0.611. The Morgan fingerprint density at radius 1 is 1.27 bits per heavy atom.